The van der Waals surface area contributed by atoms with E-state index in [1.807, 2.05) is 42.5 Å². The number of carbonyl (C=O) groups is 1. The molecule has 0 bridgehead atoms. The van der Waals surface area contributed by atoms with E-state index < -0.39 is 6.17 Å². The Morgan fingerprint density at radius 1 is 1.00 bits per heavy atom. The maximum absolute atomic E-state index is 13.5. The Hall–Kier alpha value is -3.96. The number of hydrogen-bond acceptors (Lipinski definition) is 4. The highest BCUT2D eigenvalue weighted by molar-refractivity contribution is 7.80. The van der Waals surface area contributed by atoms with Gasteiger partial charge in [0.05, 0.1) is 23.0 Å². The van der Waals surface area contributed by atoms with Gasteiger partial charge in [-0.05, 0) is 48.6 Å². The van der Waals surface area contributed by atoms with Crippen LogP contribution in [0.15, 0.2) is 83.9 Å². The number of carbonyl (C=O) groups excluding carboxylic acids is 1. The molecule has 5 rings (SSSR count). The fourth-order valence-electron chi connectivity index (χ4n) is 4.30. The number of nitrogens with zero attached hydrogens (tertiary/aromatic N) is 3. The number of benzene rings is 4. The van der Waals surface area contributed by atoms with Crippen molar-refractivity contribution in [3.8, 4) is 6.07 Å². The summed E-state index contributed by atoms with van der Waals surface area (Å²) in [5.74, 6) is -0.306. The maximum Gasteiger partial charge on any atom is 0.272 e. The lowest BCUT2D eigenvalue weighted by Gasteiger charge is -2.22. The molecule has 4 aromatic carbocycles. The summed E-state index contributed by atoms with van der Waals surface area (Å²) >= 11 is 18.5. The van der Waals surface area contributed by atoms with Crippen molar-refractivity contribution >= 4 is 74.3 Å². The first-order chi connectivity index (χ1) is 17.9. The van der Waals surface area contributed by atoms with Crippen molar-refractivity contribution in [2.24, 2.45) is 4.99 Å². The molecule has 1 aliphatic rings. The first-order valence-electron chi connectivity index (χ1n) is 11.3. The number of hydrogen-bond donors (Lipinski definition) is 2. The van der Waals surface area contributed by atoms with E-state index in [1.165, 1.54) is 4.90 Å². The van der Waals surface area contributed by atoms with E-state index in [-0.39, 0.29) is 11.0 Å². The van der Waals surface area contributed by atoms with E-state index >= 15 is 0 Å². The lowest BCUT2D eigenvalue weighted by Crippen LogP contribution is -2.47. The number of likely N-dealkylation sites (N-methyl/N-ethyl adjacent to an activating group) is 1. The Balaban J connectivity index is 1.53. The third kappa shape index (κ3) is 4.75. The summed E-state index contributed by atoms with van der Waals surface area (Å²) in [7, 11) is 1.68. The van der Waals surface area contributed by atoms with Gasteiger partial charge in [0.1, 0.15) is 0 Å². The number of amides is 1. The zero-order valence-corrected chi connectivity index (χ0v) is 21.8. The zero-order valence-electron chi connectivity index (χ0n) is 19.5. The summed E-state index contributed by atoms with van der Waals surface area (Å²) in [6.45, 7) is 0. The van der Waals surface area contributed by atoms with Crippen LogP contribution in [-0.2, 0) is 4.79 Å². The number of nitriles is 1. The Labute approximate surface area is 229 Å². The van der Waals surface area contributed by atoms with Crippen molar-refractivity contribution in [3.05, 3.63) is 106 Å². The molecule has 9 heteroatoms. The van der Waals surface area contributed by atoms with E-state index in [0.29, 0.717) is 43.8 Å². The normalized spacial score (nSPS) is 14.9. The number of rotatable bonds is 3. The van der Waals surface area contributed by atoms with Gasteiger partial charge in [0, 0.05) is 44.7 Å². The molecule has 4 aromatic rings. The SMILES string of the molecule is CN1C(=O)C(NC(=S)Nc2ccc(C#N)c3ccccc23)N=C(c2ccccc2Cl)c2cc(Cl)ccc21. The summed E-state index contributed by atoms with van der Waals surface area (Å²) in [4.78, 5) is 19.8. The minimum Gasteiger partial charge on any atom is -0.333 e. The van der Waals surface area contributed by atoms with Crippen molar-refractivity contribution in [3.63, 3.8) is 0 Å². The molecule has 1 heterocycles. The second-order valence-electron chi connectivity index (χ2n) is 8.34. The van der Waals surface area contributed by atoms with Crippen LogP contribution in [0.3, 0.4) is 0 Å². The highest BCUT2D eigenvalue weighted by atomic mass is 35.5. The summed E-state index contributed by atoms with van der Waals surface area (Å²) in [5.41, 5.74) is 3.77. The van der Waals surface area contributed by atoms with Crippen LogP contribution in [-0.4, -0.2) is 29.9 Å². The second-order valence-corrected chi connectivity index (χ2v) is 9.59. The number of aliphatic imine (C=N–C) groups is 1. The Kier molecular flexibility index (Phi) is 6.81. The molecule has 0 saturated heterocycles. The van der Waals surface area contributed by atoms with Crippen LogP contribution in [0, 0.1) is 11.3 Å². The molecule has 0 saturated carbocycles. The predicted molar refractivity (Wildman–Crippen MR) is 154 cm³/mol. The van der Waals surface area contributed by atoms with E-state index in [4.69, 9.17) is 40.4 Å². The molecule has 37 heavy (non-hydrogen) atoms. The van der Waals surface area contributed by atoms with Gasteiger partial charge in [-0.3, -0.25) is 4.79 Å². The van der Waals surface area contributed by atoms with Gasteiger partial charge in [-0.1, -0.05) is 65.7 Å². The molecule has 0 radical (unpaired) electrons. The zero-order chi connectivity index (χ0) is 26.1. The van der Waals surface area contributed by atoms with E-state index in [0.717, 1.165) is 10.8 Å². The van der Waals surface area contributed by atoms with Crippen LogP contribution in [0.4, 0.5) is 11.4 Å². The van der Waals surface area contributed by atoms with E-state index in [1.54, 1.807) is 43.4 Å². The highest BCUT2D eigenvalue weighted by Crippen LogP contribution is 2.32. The van der Waals surface area contributed by atoms with Crippen LogP contribution in [0.25, 0.3) is 10.8 Å². The maximum atomic E-state index is 13.5. The number of nitrogens with one attached hydrogen (secondary N) is 2. The van der Waals surface area contributed by atoms with Crippen LogP contribution < -0.4 is 15.5 Å². The second kappa shape index (κ2) is 10.2. The molecule has 0 aliphatic carbocycles. The third-order valence-electron chi connectivity index (χ3n) is 6.09. The number of halogens is 2. The molecule has 6 nitrogen and oxygen atoms in total. The minimum absolute atomic E-state index is 0.202. The highest BCUT2D eigenvalue weighted by Gasteiger charge is 2.31. The molecular formula is C28H19Cl2N5OS. The monoisotopic (exact) mass is 543 g/mol. The Morgan fingerprint density at radius 3 is 2.49 bits per heavy atom. The largest absolute Gasteiger partial charge is 0.333 e. The smallest absolute Gasteiger partial charge is 0.272 e. The molecule has 0 spiro atoms. The van der Waals surface area contributed by atoms with Crippen LogP contribution in [0.5, 0.6) is 0 Å². The molecule has 0 fully saturated rings. The number of thiocarbonyl (C=S) groups is 1. The van der Waals surface area contributed by atoms with Gasteiger partial charge in [-0.2, -0.15) is 5.26 Å². The fourth-order valence-corrected chi connectivity index (χ4v) is 4.92. The van der Waals surface area contributed by atoms with Gasteiger partial charge in [0.25, 0.3) is 5.91 Å². The van der Waals surface area contributed by atoms with Gasteiger partial charge in [0.2, 0.25) is 6.17 Å². The average Bonchev–Trinajstić information content (AvgIpc) is 2.99. The van der Waals surface area contributed by atoms with E-state index in [9.17, 15) is 10.1 Å². The average molecular weight is 544 g/mol. The number of anilines is 2. The topological polar surface area (TPSA) is 80.5 Å². The molecule has 1 unspecified atom stereocenters. The minimum atomic E-state index is -1.04. The third-order valence-corrected chi connectivity index (χ3v) is 6.87. The summed E-state index contributed by atoms with van der Waals surface area (Å²) in [6.07, 6.45) is -1.04. The standard InChI is InChI=1S/C28H19Cl2N5OS/c1-35-24-13-11-17(29)14-21(24)25(20-8-4-5-9-22(20)30)33-26(27(35)36)34-28(37)32-23-12-10-16(15-31)18-6-2-3-7-19(18)23/h2-14,26H,1H3,(H2,32,34,37). The van der Waals surface area contributed by atoms with Gasteiger partial charge in [0.15, 0.2) is 5.11 Å². The van der Waals surface area contributed by atoms with Crippen molar-refractivity contribution in [2.45, 2.75) is 6.17 Å². The molecule has 1 aliphatic heterocycles. The molecule has 2 N–H and O–H groups in total. The molecule has 1 atom stereocenters. The van der Waals surface area contributed by atoms with Crippen LogP contribution in [0.2, 0.25) is 10.0 Å². The van der Waals surface area contributed by atoms with Crippen molar-refractivity contribution in [1.82, 2.24) is 5.32 Å². The lowest BCUT2D eigenvalue weighted by molar-refractivity contribution is -0.119. The van der Waals surface area contributed by atoms with Crippen molar-refractivity contribution in [2.75, 3.05) is 17.3 Å². The quantitative estimate of drug-likeness (QED) is 0.303. The van der Waals surface area contributed by atoms with E-state index in [2.05, 4.69) is 16.7 Å². The Bertz CT molecular complexity index is 1650. The number of fused-ring (bicyclic) bond motifs is 2. The summed E-state index contributed by atoms with van der Waals surface area (Å²) in [6, 6.07) is 25.8. The molecule has 0 aromatic heterocycles. The fraction of sp³-hybridized carbons (Fsp3) is 0.0714. The first-order valence-corrected chi connectivity index (χ1v) is 12.4. The summed E-state index contributed by atoms with van der Waals surface area (Å²) < 4.78 is 0. The first kappa shape index (κ1) is 24.7. The van der Waals surface area contributed by atoms with Gasteiger partial charge in [-0.25, -0.2) is 4.99 Å². The lowest BCUT2D eigenvalue weighted by atomic mass is 10.00. The predicted octanol–water partition coefficient (Wildman–Crippen LogP) is 6.14. The van der Waals surface area contributed by atoms with Gasteiger partial charge < -0.3 is 15.5 Å². The van der Waals surface area contributed by atoms with Crippen LogP contribution in [0.1, 0.15) is 16.7 Å². The number of benzodiazepines with no additional fused rings is 1. The van der Waals surface area contributed by atoms with Crippen LogP contribution >= 0.6 is 35.4 Å². The molecule has 182 valence electrons. The Morgan fingerprint density at radius 2 is 1.73 bits per heavy atom. The van der Waals surface area contributed by atoms with Crippen molar-refractivity contribution in [1.29, 1.82) is 5.26 Å². The summed E-state index contributed by atoms with van der Waals surface area (Å²) in [5, 5.41) is 18.5. The van der Waals surface area contributed by atoms with Gasteiger partial charge >= 0.3 is 0 Å². The van der Waals surface area contributed by atoms with Gasteiger partial charge in [-0.15, -0.1) is 0 Å². The molecular weight excluding hydrogens is 525 g/mol. The molecule has 1 amide bonds. The van der Waals surface area contributed by atoms with Crippen molar-refractivity contribution < 1.29 is 4.79 Å².